The smallest absolute Gasteiger partial charge is 0.280 e. The second kappa shape index (κ2) is 6.98. The SMILES string of the molecule is CN(C)c1ccc(C(=O)N2CCC(n3cc(-c4nc(C5CC5)no4)nn3)C2)cc1. The van der Waals surface area contributed by atoms with Gasteiger partial charge in [0.25, 0.3) is 11.8 Å². The van der Waals surface area contributed by atoms with Gasteiger partial charge in [-0.15, -0.1) is 5.10 Å². The minimum atomic E-state index is 0.0455. The maximum Gasteiger partial charge on any atom is 0.280 e. The van der Waals surface area contributed by atoms with Gasteiger partial charge in [-0.3, -0.25) is 4.79 Å². The maximum atomic E-state index is 12.8. The minimum Gasteiger partial charge on any atom is -0.378 e. The van der Waals surface area contributed by atoms with E-state index in [1.54, 1.807) is 4.68 Å². The van der Waals surface area contributed by atoms with Crippen LogP contribution in [0.5, 0.6) is 0 Å². The van der Waals surface area contributed by atoms with Gasteiger partial charge in [0.2, 0.25) is 0 Å². The summed E-state index contributed by atoms with van der Waals surface area (Å²) in [6.45, 7) is 1.30. The Kier molecular flexibility index (Phi) is 4.30. The summed E-state index contributed by atoms with van der Waals surface area (Å²) >= 11 is 0. The Hall–Kier alpha value is -3.23. The van der Waals surface area contributed by atoms with Crippen LogP contribution >= 0.6 is 0 Å². The Labute approximate surface area is 168 Å². The molecule has 1 saturated heterocycles. The molecule has 0 radical (unpaired) electrons. The van der Waals surface area contributed by atoms with E-state index in [1.165, 1.54) is 0 Å². The lowest BCUT2D eigenvalue weighted by atomic mass is 10.2. The summed E-state index contributed by atoms with van der Waals surface area (Å²) in [4.78, 5) is 21.1. The predicted octanol–water partition coefficient (Wildman–Crippen LogP) is 2.36. The first-order valence-corrected chi connectivity index (χ1v) is 9.91. The first-order valence-electron chi connectivity index (χ1n) is 9.91. The number of carbonyl (C=O) groups excluding carboxylic acids is 1. The van der Waals surface area contributed by atoms with E-state index in [-0.39, 0.29) is 11.9 Å². The summed E-state index contributed by atoms with van der Waals surface area (Å²) in [6, 6.07) is 7.78. The van der Waals surface area contributed by atoms with Crippen molar-refractivity contribution < 1.29 is 9.32 Å². The second-order valence-electron chi connectivity index (χ2n) is 7.95. The fourth-order valence-corrected chi connectivity index (χ4v) is 3.63. The number of rotatable bonds is 5. The van der Waals surface area contributed by atoms with Gasteiger partial charge in [0.15, 0.2) is 11.5 Å². The molecular weight excluding hydrogens is 370 g/mol. The van der Waals surface area contributed by atoms with Gasteiger partial charge in [-0.05, 0) is 43.5 Å². The number of anilines is 1. The lowest BCUT2D eigenvalue weighted by Gasteiger charge is -2.17. The van der Waals surface area contributed by atoms with E-state index in [0.717, 1.165) is 30.8 Å². The van der Waals surface area contributed by atoms with Gasteiger partial charge >= 0.3 is 0 Å². The van der Waals surface area contributed by atoms with E-state index in [9.17, 15) is 4.79 Å². The van der Waals surface area contributed by atoms with Crippen LogP contribution in [0.2, 0.25) is 0 Å². The molecule has 29 heavy (non-hydrogen) atoms. The number of aromatic nitrogens is 5. The van der Waals surface area contributed by atoms with Gasteiger partial charge in [-0.25, -0.2) is 4.68 Å². The third kappa shape index (κ3) is 3.48. The molecule has 1 atom stereocenters. The number of hydrogen-bond acceptors (Lipinski definition) is 7. The highest BCUT2D eigenvalue weighted by atomic mass is 16.5. The Morgan fingerprint density at radius 1 is 1.17 bits per heavy atom. The lowest BCUT2D eigenvalue weighted by molar-refractivity contribution is 0.0787. The third-order valence-electron chi connectivity index (χ3n) is 5.57. The van der Waals surface area contributed by atoms with Crippen LogP contribution in [0.25, 0.3) is 11.6 Å². The largest absolute Gasteiger partial charge is 0.378 e. The second-order valence-corrected chi connectivity index (χ2v) is 7.95. The van der Waals surface area contributed by atoms with Gasteiger partial charge in [0.1, 0.15) is 0 Å². The molecule has 150 valence electrons. The van der Waals surface area contributed by atoms with Crippen molar-refractivity contribution in [2.75, 3.05) is 32.1 Å². The molecule has 9 heteroatoms. The van der Waals surface area contributed by atoms with Crippen molar-refractivity contribution in [3.63, 3.8) is 0 Å². The Morgan fingerprint density at radius 2 is 1.97 bits per heavy atom. The highest BCUT2D eigenvalue weighted by Crippen LogP contribution is 2.38. The molecule has 5 rings (SSSR count). The fraction of sp³-hybridized carbons (Fsp3) is 0.450. The van der Waals surface area contributed by atoms with Crippen molar-refractivity contribution in [1.29, 1.82) is 0 Å². The molecule has 9 nitrogen and oxygen atoms in total. The van der Waals surface area contributed by atoms with E-state index < -0.39 is 0 Å². The average molecular weight is 393 g/mol. The van der Waals surface area contributed by atoms with Crippen LogP contribution in [0.15, 0.2) is 35.0 Å². The van der Waals surface area contributed by atoms with Crippen molar-refractivity contribution in [2.45, 2.75) is 31.2 Å². The fourth-order valence-electron chi connectivity index (χ4n) is 3.63. The molecule has 3 aromatic rings. The molecule has 1 unspecified atom stereocenters. The summed E-state index contributed by atoms with van der Waals surface area (Å²) in [5.41, 5.74) is 2.35. The normalized spacial score (nSPS) is 19.0. The molecule has 1 saturated carbocycles. The van der Waals surface area contributed by atoms with Crippen LogP contribution in [0.3, 0.4) is 0 Å². The standard InChI is InChI=1S/C20H23N7O2/c1-25(2)15-7-5-14(6-8-15)20(28)26-10-9-16(11-26)27-12-17(22-24-27)19-21-18(23-29-19)13-3-4-13/h5-8,12-13,16H,3-4,9-11H2,1-2H3. The van der Waals surface area contributed by atoms with E-state index in [4.69, 9.17) is 4.52 Å². The Balaban J connectivity index is 1.25. The van der Waals surface area contributed by atoms with Gasteiger partial charge in [0, 0.05) is 44.4 Å². The van der Waals surface area contributed by atoms with E-state index in [1.807, 2.05) is 54.4 Å². The molecule has 2 aromatic heterocycles. The number of carbonyl (C=O) groups is 1. The maximum absolute atomic E-state index is 12.8. The van der Waals surface area contributed by atoms with E-state index in [0.29, 0.717) is 36.2 Å². The molecule has 0 bridgehead atoms. The zero-order valence-corrected chi connectivity index (χ0v) is 16.5. The highest BCUT2D eigenvalue weighted by molar-refractivity contribution is 5.94. The molecule has 0 N–H and O–H groups in total. The minimum absolute atomic E-state index is 0.0455. The van der Waals surface area contributed by atoms with Crippen LogP contribution in [0.4, 0.5) is 5.69 Å². The van der Waals surface area contributed by atoms with Crippen molar-refractivity contribution in [3.05, 3.63) is 41.9 Å². The van der Waals surface area contributed by atoms with Gasteiger partial charge in [0.05, 0.1) is 12.2 Å². The Morgan fingerprint density at radius 3 is 2.69 bits per heavy atom. The predicted molar refractivity (Wildman–Crippen MR) is 106 cm³/mol. The molecule has 1 aliphatic heterocycles. The number of benzene rings is 1. The molecule has 1 amide bonds. The lowest BCUT2D eigenvalue weighted by Crippen LogP contribution is -2.29. The quantitative estimate of drug-likeness (QED) is 0.657. The molecular formula is C20H23N7O2. The molecule has 0 spiro atoms. The van der Waals surface area contributed by atoms with Crippen LogP contribution < -0.4 is 4.90 Å². The van der Waals surface area contributed by atoms with Gasteiger partial charge < -0.3 is 14.3 Å². The Bertz CT molecular complexity index is 1020. The van der Waals surface area contributed by atoms with Gasteiger partial charge in [-0.2, -0.15) is 4.98 Å². The molecule has 2 fully saturated rings. The van der Waals surface area contributed by atoms with Crippen molar-refractivity contribution in [2.24, 2.45) is 0 Å². The first kappa shape index (κ1) is 17.8. The van der Waals surface area contributed by atoms with Crippen molar-refractivity contribution in [1.82, 2.24) is 30.0 Å². The van der Waals surface area contributed by atoms with E-state index in [2.05, 4.69) is 20.5 Å². The number of nitrogens with zero attached hydrogens (tertiary/aromatic N) is 7. The van der Waals surface area contributed by atoms with Crippen molar-refractivity contribution >= 4 is 11.6 Å². The number of amides is 1. The zero-order chi connectivity index (χ0) is 20.0. The first-order chi connectivity index (χ1) is 14.1. The van der Waals surface area contributed by atoms with Gasteiger partial charge in [-0.1, -0.05) is 10.4 Å². The highest BCUT2D eigenvalue weighted by Gasteiger charge is 2.31. The summed E-state index contributed by atoms with van der Waals surface area (Å²) in [5.74, 6) is 1.64. The zero-order valence-electron chi connectivity index (χ0n) is 16.5. The van der Waals surface area contributed by atoms with Crippen molar-refractivity contribution in [3.8, 4) is 11.6 Å². The summed E-state index contributed by atoms with van der Waals surface area (Å²) in [6.07, 6.45) is 4.90. The summed E-state index contributed by atoms with van der Waals surface area (Å²) in [7, 11) is 3.96. The van der Waals surface area contributed by atoms with Crippen LogP contribution in [-0.2, 0) is 0 Å². The topological polar surface area (TPSA) is 93.2 Å². The van der Waals surface area contributed by atoms with E-state index >= 15 is 0 Å². The third-order valence-corrected chi connectivity index (χ3v) is 5.57. The summed E-state index contributed by atoms with van der Waals surface area (Å²) in [5, 5.41) is 12.5. The molecule has 1 aliphatic carbocycles. The average Bonchev–Trinajstić information content (AvgIpc) is 3.16. The molecule has 3 heterocycles. The molecule has 2 aliphatic rings. The number of hydrogen-bond donors (Lipinski definition) is 0. The van der Waals surface area contributed by atoms with Crippen LogP contribution in [-0.4, -0.2) is 63.1 Å². The summed E-state index contributed by atoms with van der Waals surface area (Å²) < 4.78 is 7.13. The molecule has 1 aromatic carbocycles. The monoisotopic (exact) mass is 393 g/mol. The van der Waals surface area contributed by atoms with Crippen LogP contribution in [0.1, 0.15) is 47.4 Å². The van der Waals surface area contributed by atoms with Crippen LogP contribution in [0, 0.1) is 0 Å². The number of likely N-dealkylation sites (tertiary alicyclic amines) is 1.